The van der Waals surface area contributed by atoms with Crippen LogP contribution in [0.4, 0.5) is 0 Å². The molecule has 3 nitrogen and oxygen atoms in total. The van der Waals surface area contributed by atoms with Crippen LogP contribution in [0.5, 0.6) is 0 Å². The predicted molar refractivity (Wildman–Crippen MR) is 107 cm³/mol. The minimum atomic E-state index is 0.159. The van der Waals surface area contributed by atoms with Gasteiger partial charge in [0.2, 0.25) is 5.91 Å². The van der Waals surface area contributed by atoms with Gasteiger partial charge in [0, 0.05) is 19.0 Å². The Hall–Kier alpha value is -2.13. The van der Waals surface area contributed by atoms with Crippen LogP contribution in [0.3, 0.4) is 0 Å². The van der Waals surface area contributed by atoms with Gasteiger partial charge in [0.25, 0.3) is 0 Å². The summed E-state index contributed by atoms with van der Waals surface area (Å²) in [6.45, 7) is 7.98. The molecule has 0 aromatic heterocycles. The van der Waals surface area contributed by atoms with Crippen LogP contribution in [-0.2, 0) is 11.3 Å². The molecule has 1 N–H and O–H groups in total. The van der Waals surface area contributed by atoms with E-state index in [1.54, 1.807) is 0 Å². The van der Waals surface area contributed by atoms with Crippen molar-refractivity contribution in [2.45, 2.75) is 39.2 Å². The second-order valence-corrected chi connectivity index (χ2v) is 7.59. The number of amides is 1. The van der Waals surface area contributed by atoms with Crippen LogP contribution in [0.15, 0.2) is 54.6 Å². The Kier molecular flexibility index (Phi) is 6.45. The van der Waals surface area contributed by atoms with Crippen LogP contribution in [-0.4, -0.2) is 30.4 Å². The highest BCUT2D eigenvalue weighted by molar-refractivity contribution is 5.78. The molecule has 0 spiro atoms. The van der Waals surface area contributed by atoms with E-state index in [0.717, 1.165) is 32.5 Å². The summed E-state index contributed by atoms with van der Waals surface area (Å²) in [5.74, 6) is 0.733. The zero-order valence-electron chi connectivity index (χ0n) is 15.9. The predicted octanol–water partition coefficient (Wildman–Crippen LogP) is 4.13. The van der Waals surface area contributed by atoms with Gasteiger partial charge in [-0.25, -0.2) is 0 Å². The maximum absolute atomic E-state index is 12.5. The third-order valence-electron chi connectivity index (χ3n) is 5.44. The van der Waals surface area contributed by atoms with E-state index in [9.17, 15) is 4.79 Å². The van der Waals surface area contributed by atoms with E-state index in [1.165, 1.54) is 16.7 Å². The first kappa shape index (κ1) is 18.7. The maximum atomic E-state index is 12.5. The fourth-order valence-electron chi connectivity index (χ4n) is 3.60. The molecule has 1 unspecified atom stereocenters. The molecule has 0 saturated carbocycles. The molecule has 1 amide bonds. The molecule has 0 aliphatic carbocycles. The molecule has 2 aromatic carbocycles. The number of benzene rings is 2. The minimum absolute atomic E-state index is 0.159. The summed E-state index contributed by atoms with van der Waals surface area (Å²) in [5.41, 5.74) is 3.93. The Labute approximate surface area is 157 Å². The van der Waals surface area contributed by atoms with Crippen LogP contribution in [0.1, 0.15) is 42.4 Å². The maximum Gasteiger partial charge on any atom is 0.223 e. The fourth-order valence-corrected chi connectivity index (χ4v) is 3.60. The van der Waals surface area contributed by atoms with Crippen LogP contribution >= 0.6 is 0 Å². The van der Waals surface area contributed by atoms with Crippen molar-refractivity contribution < 1.29 is 4.79 Å². The number of aryl methyl sites for hydroxylation is 1. The molecule has 1 aliphatic heterocycles. The summed E-state index contributed by atoms with van der Waals surface area (Å²) in [6.07, 6.45) is 1.91. The Morgan fingerprint density at radius 1 is 1.08 bits per heavy atom. The van der Waals surface area contributed by atoms with Crippen molar-refractivity contribution in [3.05, 3.63) is 71.3 Å². The molecule has 1 heterocycles. The van der Waals surface area contributed by atoms with Crippen molar-refractivity contribution in [1.29, 1.82) is 0 Å². The first-order valence-corrected chi connectivity index (χ1v) is 9.72. The lowest BCUT2D eigenvalue weighted by Gasteiger charge is -2.31. The average Bonchev–Trinajstić information content (AvgIpc) is 2.69. The van der Waals surface area contributed by atoms with E-state index in [2.05, 4.69) is 72.6 Å². The van der Waals surface area contributed by atoms with Gasteiger partial charge in [0.1, 0.15) is 0 Å². The SMILES string of the molecule is Cc1ccc(CN2CCC(C(=O)NCC(C)c3ccccc3)CC2)cc1. The number of carbonyl (C=O) groups excluding carboxylic acids is 1. The summed E-state index contributed by atoms with van der Waals surface area (Å²) in [6, 6.07) is 19.1. The normalized spacial score (nSPS) is 17.0. The molecule has 1 fully saturated rings. The lowest BCUT2D eigenvalue weighted by atomic mass is 9.95. The Balaban J connectivity index is 1.41. The topological polar surface area (TPSA) is 32.3 Å². The van der Waals surface area contributed by atoms with Gasteiger partial charge in [-0.3, -0.25) is 9.69 Å². The van der Waals surface area contributed by atoms with Crippen molar-refractivity contribution in [1.82, 2.24) is 10.2 Å². The Bertz CT molecular complexity index is 688. The number of nitrogens with zero attached hydrogens (tertiary/aromatic N) is 1. The van der Waals surface area contributed by atoms with Gasteiger partial charge in [0.05, 0.1) is 0 Å². The quantitative estimate of drug-likeness (QED) is 0.850. The third kappa shape index (κ3) is 5.18. The fraction of sp³-hybridized carbons (Fsp3) is 0.435. The number of likely N-dealkylation sites (tertiary alicyclic amines) is 1. The van der Waals surface area contributed by atoms with Crippen molar-refractivity contribution in [2.24, 2.45) is 5.92 Å². The highest BCUT2D eigenvalue weighted by Crippen LogP contribution is 2.20. The first-order chi connectivity index (χ1) is 12.6. The second kappa shape index (κ2) is 9.00. The number of nitrogens with one attached hydrogen (secondary N) is 1. The number of rotatable bonds is 6. The lowest BCUT2D eigenvalue weighted by molar-refractivity contribution is -0.126. The smallest absolute Gasteiger partial charge is 0.223 e. The van der Waals surface area contributed by atoms with Gasteiger partial charge >= 0.3 is 0 Å². The molecule has 3 rings (SSSR count). The number of hydrogen-bond acceptors (Lipinski definition) is 2. The molecule has 2 aromatic rings. The summed E-state index contributed by atoms with van der Waals surface area (Å²) in [7, 11) is 0. The average molecular weight is 351 g/mol. The molecular weight excluding hydrogens is 320 g/mol. The molecule has 26 heavy (non-hydrogen) atoms. The highest BCUT2D eigenvalue weighted by Gasteiger charge is 2.25. The summed E-state index contributed by atoms with van der Waals surface area (Å²) < 4.78 is 0. The van der Waals surface area contributed by atoms with E-state index in [4.69, 9.17) is 0 Å². The second-order valence-electron chi connectivity index (χ2n) is 7.59. The lowest BCUT2D eigenvalue weighted by Crippen LogP contribution is -2.41. The molecular formula is C23H30N2O. The van der Waals surface area contributed by atoms with E-state index >= 15 is 0 Å². The first-order valence-electron chi connectivity index (χ1n) is 9.72. The van der Waals surface area contributed by atoms with E-state index in [-0.39, 0.29) is 11.8 Å². The molecule has 0 bridgehead atoms. The molecule has 3 heteroatoms. The largest absolute Gasteiger partial charge is 0.355 e. The van der Waals surface area contributed by atoms with Crippen LogP contribution in [0.2, 0.25) is 0 Å². The van der Waals surface area contributed by atoms with Gasteiger partial charge in [-0.1, -0.05) is 67.1 Å². The Morgan fingerprint density at radius 2 is 1.73 bits per heavy atom. The molecule has 1 saturated heterocycles. The summed E-state index contributed by atoms with van der Waals surface area (Å²) in [5, 5.41) is 3.16. The van der Waals surface area contributed by atoms with Gasteiger partial charge in [-0.05, 0) is 49.9 Å². The van der Waals surface area contributed by atoms with Crippen molar-refractivity contribution in [3.8, 4) is 0 Å². The van der Waals surface area contributed by atoms with Gasteiger partial charge in [0.15, 0.2) is 0 Å². The van der Waals surface area contributed by atoms with Gasteiger partial charge < -0.3 is 5.32 Å². The van der Waals surface area contributed by atoms with Gasteiger partial charge in [-0.2, -0.15) is 0 Å². The standard InChI is InChI=1S/C23H30N2O/c1-18-8-10-20(11-9-18)17-25-14-12-22(13-15-25)23(26)24-16-19(2)21-6-4-3-5-7-21/h3-11,19,22H,12-17H2,1-2H3,(H,24,26). The minimum Gasteiger partial charge on any atom is -0.355 e. The van der Waals surface area contributed by atoms with Crippen LogP contribution in [0, 0.1) is 12.8 Å². The molecule has 138 valence electrons. The molecule has 0 radical (unpaired) electrons. The highest BCUT2D eigenvalue weighted by atomic mass is 16.1. The zero-order chi connectivity index (χ0) is 18.4. The summed E-state index contributed by atoms with van der Waals surface area (Å²) >= 11 is 0. The van der Waals surface area contributed by atoms with E-state index in [1.807, 2.05) is 6.07 Å². The van der Waals surface area contributed by atoms with E-state index < -0.39 is 0 Å². The zero-order valence-corrected chi connectivity index (χ0v) is 15.9. The molecule has 1 atom stereocenters. The van der Waals surface area contributed by atoms with Crippen LogP contribution < -0.4 is 5.32 Å². The monoisotopic (exact) mass is 350 g/mol. The van der Waals surface area contributed by atoms with Crippen molar-refractivity contribution in [2.75, 3.05) is 19.6 Å². The Morgan fingerprint density at radius 3 is 2.38 bits per heavy atom. The van der Waals surface area contributed by atoms with Crippen LogP contribution in [0.25, 0.3) is 0 Å². The summed E-state index contributed by atoms with van der Waals surface area (Å²) in [4.78, 5) is 15.0. The third-order valence-corrected chi connectivity index (χ3v) is 5.44. The number of hydrogen-bond donors (Lipinski definition) is 1. The number of piperidine rings is 1. The number of carbonyl (C=O) groups is 1. The van der Waals surface area contributed by atoms with E-state index in [0.29, 0.717) is 12.5 Å². The molecule has 1 aliphatic rings. The van der Waals surface area contributed by atoms with Gasteiger partial charge in [-0.15, -0.1) is 0 Å². The van der Waals surface area contributed by atoms with Crippen molar-refractivity contribution in [3.63, 3.8) is 0 Å². The van der Waals surface area contributed by atoms with Crippen molar-refractivity contribution >= 4 is 5.91 Å².